The van der Waals surface area contributed by atoms with Gasteiger partial charge in [0.05, 0.1) is 22.3 Å². The first-order chi connectivity index (χ1) is 16.9. The Labute approximate surface area is 205 Å². The summed E-state index contributed by atoms with van der Waals surface area (Å²) in [4.78, 5) is 31.1. The highest BCUT2D eigenvalue weighted by Gasteiger charge is 2.18. The molecule has 0 radical (unpaired) electrons. The lowest BCUT2D eigenvalue weighted by Crippen LogP contribution is -2.23. The maximum absolute atomic E-state index is 13.5. The monoisotopic (exact) mass is 480 g/mol. The van der Waals surface area contributed by atoms with Crippen LogP contribution in [0.4, 0.5) is 5.69 Å². The zero-order chi connectivity index (χ0) is 24.5. The van der Waals surface area contributed by atoms with Gasteiger partial charge in [-0.1, -0.05) is 42.1 Å². The SMILES string of the molecule is Cc1cc(C)cc(-n2c(SCC(=O)Nc3c(C#N)oc4ccccc34)nc3ccccc3c2=O)c1. The third-order valence-electron chi connectivity index (χ3n) is 5.50. The van der Waals surface area contributed by atoms with Crippen molar-refractivity contribution >= 4 is 45.2 Å². The third kappa shape index (κ3) is 4.29. The number of furan rings is 1. The maximum Gasteiger partial charge on any atom is 0.266 e. The van der Waals surface area contributed by atoms with Gasteiger partial charge in [-0.05, 0) is 61.4 Å². The van der Waals surface area contributed by atoms with Gasteiger partial charge in [0.15, 0.2) is 5.16 Å². The van der Waals surface area contributed by atoms with Gasteiger partial charge in [0.2, 0.25) is 11.7 Å². The minimum atomic E-state index is -0.340. The molecule has 0 saturated carbocycles. The number of rotatable bonds is 5. The molecule has 0 fully saturated rings. The number of nitrogens with zero attached hydrogens (tertiary/aromatic N) is 3. The van der Waals surface area contributed by atoms with Gasteiger partial charge in [-0.2, -0.15) is 5.26 Å². The second kappa shape index (κ2) is 9.12. The van der Waals surface area contributed by atoms with E-state index in [4.69, 9.17) is 9.40 Å². The lowest BCUT2D eigenvalue weighted by atomic mass is 10.1. The lowest BCUT2D eigenvalue weighted by Gasteiger charge is -2.14. The summed E-state index contributed by atoms with van der Waals surface area (Å²) in [5.41, 5.74) is 3.96. The smallest absolute Gasteiger partial charge is 0.266 e. The van der Waals surface area contributed by atoms with E-state index >= 15 is 0 Å². The molecule has 0 unspecified atom stereocenters. The number of thioether (sulfide) groups is 1. The number of benzene rings is 3. The van der Waals surface area contributed by atoms with Crippen LogP contribution < -0.4 is 10.9 Å². The number of aromatic nitrogens is 2. The Kier molecular flexibility index (Phi) is 5.85. The minimum Gasteiger partial charge on any atom is -0.443 e. The van der Waals surface area contributed by atoms with Crippen molar-refractivity contribution in [3.8, 4) is 11.8 Å². The summed E-state index contributed by atoms with van der Waals surface area (Å²) in [6, 6.07) is 22.2. The highest BCUT2D eigenvalue weighted by Crippen LogP contribution is 2.31. The number of amides is 1. The molecule has 5 aromatic rings. The van der Waals surface area contributed by atoms with Gasteiger partial charge in [-0.15, -0.1) is 0 Å². The molecule has 0 spiro atoms. The maximum atomic E-state index is 13.5. The predicted molar refractivity (Wildman–Crippen MR) is 137 cm³/mol. The molecular formula is C27H20N4O3S. The molecule has 2 heterocycles. The second-order valence-electron chi connectivity index (χ2n) is 8.15. The molecule has 7 nitrogen and oxygen atoms in total. The molecule has 35 heavy (non-hydrogen) atoms. The van der Waals surface area contributed by atoms with Gasteiger partial charge in [-0.3, -0.25) is 14.2 Å². The fraction of sp³-hybridized carbons (Fsp3) is 0.111. The molecule has 0 aliphatic rings. The Hall–Kier alpha value is -4.35. The number of aryl methyl sites for hydroxylation is 2. The van der Waals surface area contributed by atoms with Crippen molar-refractivity contribution in [3.05, 3.63) is 94.0 Å². The number of nitrogens with one attached hydrogen (secondary N) is 1. The first kappa shape index (κ1) is 22.4. The van der Waals surface area contributed by atoms with Gasteiger partial charge in [0.25, 0.3) is 5.56 Å². The fourth-order valence-electron chi connectivity index (χ4n) is 4.07. The first-order valence-corrected chi connectivity index (χ1v) is 11.9. The molecule has 0 bridgehead atoms. The standard InChI is InChI=1S/C27H20N4O3S/c1-16-11-17(2)13-18(12-16)31-26(33)19-7-3-5-9-21(19)29-27(31)35-15-24(32)30-25-20-8-4-6-10-22(20)34-23(25)14-28/h3-13H,15H2,1-2H3,(H,30,32). The quantitative estimate of drug-likeness (QED) is 0.269. The van der Waals surface area contributed by atoms with E-state index in [1.807, 2.05) is 50.2 Å². The number of para-hydroxylation sites is 2. The fourth-order valence-corrected chi connectivity index (χ4v) is 4.88. The molecule has 0 aliphatic heterocycles. The Morgan fingerprint density at radius 2 is 1.74 bits per heavy atom. The van der Waals surface area contributed by atoms with E-state index in [2.05, 4.69) is 5.32 Å². The number of carbonyl (C=O) groups is 1. The molecule has 0 atom stereocenters. The molecular weight excluding hydrogens is 460 g/mol. The van der Waals surface area contributed by atoms with Crippen molar-refractivity contribution in [2.45, 2.75) is 19.0 Å². The van der Waals surface area contributed by atoms with Crippen LogP contribution in [0.5, 0.6) is 0 Å². The third-order valence-corrected chi connectivity index (χ3v) is 6.44. The van der Waals surface area contributed by atoms with Crippen LogP contribution in [0.3, 0.4) is 0 Å². The summed E-state index contributed by atoms with van der Waals surface area (Å²) in [5.74, 6) is -0.312. The summed E-state index contributed by atoms with van der Waals surface area (Å²) in [6.45, 7) is 3.94. The van der Waals surface area contributed by atoms with Crippen molar-refractivity contribution in [2.75, 3.05) is 11.1 Å². The molecule has 2 aromatic heterocycles. The molecule has 5 rings (SSSR count). The van der Waals surface area contributed by atoms with Crippen molar-refractivity contribution in [3.63, 3.8) is 0 Å². The van der Waals surface area contributed by atoms with Gasteiger partial charge in [-0.25, -0.2) is 4.98 Å². The second-order valence-corrected chi connectivity index (χ2v) is 9.09. The normalized spacial score (nSPS) is 11.0. The van der Waals surface area contributed by atoms with Crippen LogP contribution >= 0.6 is 11.8 Å². The number of fused-ring (bicyclic) bond motifs is 2. The summed E-state index contributed by atoms with van der Waals surface area (Å²) in [5, 5.41) is 13.8. The summed E-state index contributed by atoms with van der Waals surface area (Å²) >= 11 is 1.16. The summed E-state index contributed by atoms with van der Waals surface area (Å²) in [6.07, 6.45) is 0. The number of carbonyl (C=O) groups excluding carboxylic acids is 1. The Balaban J connectivity index is 1.50. The number of nitriles is 1. The molecule has 3 aromatic carbocycles. The van der Waals surface area contributed by atoms with Crippen LogP contribution in [-0.2, 0) is 4.79 Å². The molecule has 0 saturated heterocycles. The Morgan fingerprint density at radius 1 is 1.06 bits per heavy atom. The Bertz CT molecular complexity index is 1690. The van der Waals surface area contributed by atoms with Crippen LogP contribution in [-0.4, -0.2) is 21.2 Å². The van der Waals surface area contributed by atoms with Crippen LogP contribution in [0.2, 0.25) is 0 Å². The zero-order valence-corrected chi connectivity index (χ0v) is 19.8. The summed E-state index contributed by atoms with van der Waals surface area (Å²) in [7, 11) is 0. The van der Waals surface area contributed by atoms with E-state index in [0.29, 0.717) is 38.4 Å². The van der Waals surface area contributed by atoms with E-state index < -0.39 is 0 Å². The zero-order valence-electron chi connectivity index (χ0n) is 19.0. The van der Waals surface area contributed by atoms with Crippen LogP contribution in [0.15, 0.2) is 81.1 Å². The van der Waals surface area contributed by atoms with Crippen molar-refractivity contribution in [1.82, 2.24) is 9.55 Å². The van der Waals surface area contributed by atoms with Gasteiger partial charge in [0.1, 0.15) is 17.3 Å². The van der Waals surface area contributed by atoms with E-state index in [1.165, 1.54) is 0 Å². The van der Waals surface area contributed by atoms with Crippen LogP contribution in [0.25, 0.3) is 27.6 Å². The number of hydrogen-bond acceptors (Lipinski definition) is 6. The molecule has 0 aliphatic carbocycles. The molecule has 1 N–H and O–H groups in total. The van der Waals surface area contributed by atoms with Crippen LogP contribution in [0, 0.1) is 25.2 Å². The minimum absolute atomic E-state index is 0.0139. The molecule has 8 heteroatoms. The van der Waals surface area contributed by atoms with E-state index in [9.17, 15) is 14.9 Å². The van der Waals surface area contributed by atoms with E-state index in [1.54, 1.807) is 41.0 Å². The predicted octanol–water partition coefficient (Wildman–Crippen LogP) is 5.35. The first-order valence-electron chi connectivity index (χ1n) is 10.9. The van der Waals surface area contributed by atoms with Gasteiger partial charge < -0.3 is 9.73 Å². The topological polar surface area (TPSA) is 101 Å². The van der Waals surface area contributed by atoms with Crippen molar-refractivity contribution in [2.24, 2.45) is 0 Å². The average molecular weight is 481 g/mol. The van der Waals surface area contributed by atoms with Gasteiger partial charge >= 0.3 is 0 Å². The number of anilines is 1. The summed E-state index contributed by atoms with van der Waals surface area (Å²) < 4.78 is 7.08. The van der Waals surface area contributed by atoms with E-state index in [0.717, 1.165) is 22.9 Å². The largest absolute Gasteiger partial charge is 0.443 e. The van der Waals surface area contributed by atoms with Gasteiger partial charge in [0, 0.05) is 5.39 Å². The Morgan fingerprint density at radius 3 is 2.49 bits per heavy atom. The van der Waals surface area contributed by atoms with E-state index in [-0.39, 0.29) is 23.0 Å². The van der Waals surface area contributed by atoms with Crippen molar-refractivity contribution in [1.29, 1.82) is 5.26 Å². The van der Waals surface area contributed by atoms with Crippen molar-refractivity contribution < 1.29 is 9.21 Å². The lowest BCUT2D eigenvalue weighted by molar-refractivity contribution is -0.113. The highest BCUT2D eigenvalue weighted by molar-refractivity contribution is 7.99. The number of hydrogen-bond donors (Lipinski definition) is 1. The highest BCUT2D eigenvalue weighted by atomic mass is 32.2. The molecule has 1 amide bonds. The average Bonchev–Trinajstić information content (AvgIpc) is 3.19. The van der Waals surface area contributed by atoms with Crippen LogP contribution in [0.1, 0.15) is 16.9 Å². The molecule has 172 valence electrons.